The van der Waals surface area contributed by atoms with Crippen molar-refractivity contribution in [1.29, 1.82) is 0 Å². The van der Waals surface area contributed by atoms with Crippen molar-refractivity contribution in [2.45, 2.75) is 39.8 Å². The Kier molecular flexibility index (Phi) is 5.55. The maximum absolute atomic E-state index is 13.6. The molecule has 0 heterocycles. The molecule has 0 N–H and O–H groups in total. The number of carbonyl (C=O) groups excluding carboxylic acids is 1. The number of benzene rings is 1. The molecule has 104 valence electrons. The molecule has 19 heavy (non-hydrogen) atoms. The highest BCUT2D eigenvalue weighted by Gasteiger charge is 2.17. The standard InChI is InChI=1S/C15H19ClFNO/c1-10(2)18(11(3)4)15(19)9-8-12-13(16)6-5-7-14(12)17/h5-11H,1-4H3. The fourth-order valence-corrected chi connectivity index (χ4v) is 2.24. The van der Waals surface area contributed by atoms with Crippen LogP contribution < -0.4 is 0 Å². The van der Waals surface area contributed by atoms with Crippen LogP contribution in [0.1, 0.15) is 33.3 Å². The van der Waals surface area contributed by atoms with Crippen LogP contribution in [0.2, 0.25) is 5.02 Å². The molecule has 1 aromatic carbocycles. The van der Waals surface area contributed by atoms with Crippen molar-refractivity contribution >= 4 is 23.6 Å². The largest absolute Gasteiger partial charge is 0.334 e. The molecule has 1 rings (SSSR count). The molecule has 0 spiro atoms. The molecule has 4 heteroatoms. The summed E-state index contributed by atoms with van der Waals surface area (Å²) < 4.78 is 13.6. The molecule has 0 aliphatic carbocycles. The van der Waals surface area contributed by atoms with Crippen molar-refractivity contribution < 1.29 is 9.18 Å². The molecule has 0 aliphatic heterocycles. The number of nitrogens with zero attached hydrogens (tertiary/aromatic N) is 1. The van der Waals surface area contributed by atoms with E-state index in [0.717, 1.165) is 0 Å². The highest BCUT2D eigenvalue weighted by molar-refractivity contribution is 6.32. The Hall–Kier alpha value is -1.35. The first-order valence-corrected chi connectivity index (χ1v) is 6.66. The van der Waals surface area contributed by atoms with E-state index in [2.05, 4.69) is 0 Å². The van der Waals surface area contributed by atoms with Gasteiger partial charge in [-0.05, 0) is 45.9 Å². The molecule has 0 aliphatic rings. The lowest BCUT2D eigenvalue weighted by Crippen LogP contribution is -2.41. The zero-order chi connectivity index (χ0) is 14.6. The van der Waals surface area contributed by atoms with Gasteiger partial charge in [-0.15, -0.1) is 0 Å². The lowest BCUT2D eigenvalue weighted by Gasteiger charge is -2.29. The van der Waals surface area contributed by atoms with Gasteiger partial charge in [-0.3, -0.25) is 4.79 Å². The van der Waals surface area contributed by atoms with E-state index in [1.54, 1.807) is 11.0 Å². The van der Waals surface area contributed by atoms with E-state index in [9.17, 15) is 9.18 Å². The third kappa shape index (κ3) is 4.06. The summed E-state index contributed by atoms with van der Waals surface area (Å²) in [5, 5.41) is 0.296. The van der Waals surface area contributed by atoms with Gasteiger partial charge in [0.1, 0.15) is 5.82 Å². The zero-order valence-corrected chi connectivity index (χ0v) is 12.4. The lowest BCUT2D eigenvalue weighted by molar-refractivity contribution is -0.129. The van der Waals surface area contributed by atoms with Crippen LogP contribution in [-0.4, -0.2) is 22.9 Å². The summed E-state index contributed by atoms with van der Waals surface area (Å²) in [6.45, 7) is 7.78. The van der Waals surface area contributed by atoms with Gasteiger partial charge in [0.25, 0.3) is 0 Å². The Bertz CT molecular complexity index is 455. The van der Waals surface area contributed by atoms with Crippen molar-refractivity contribution in [3.8, 4) is 0 Å². The van der Waals surface area contributed by atoms with Gasteiger partial charge in [0.15, 0.2) is 0 Å². The predicted molar refractivity (Wildman–Crippen MR) is 77.6 cm³/mol. The summed E-state index contributed by atoms with van der Waals surface area (Å²) in [6, 6.07) is 4.63. The molecule has 0 fully saturated rings. The number of hydrogen-bond acceptors (Lipinski definition) is 1. The molecule has 0 bridgehead atoms. The zero-order valence-electron chi connectivity index (χ0n) is 11.7. The summed E-state index contributed by atoms with van der Waals surface area (Å²) in [4.78, 5) is 13.8. The smallest absolute Gasteiger partial charge is 0.247 e. The number of rotatable bonds is 4. The molecular formula is C15H19ClFNO. The van der Waals surface area contributed by atoms with Gasteiger partial charge in [0, 0.05) is 23.7 Å². The van der Waals surface area contributed by atoms with E-state index in [4.69, 9.17) is 11.6 Å². The Morgan fingerprint density at radius 1 is 1.26 bits per heavy atom. The predicted octanol–water partition coefficient (Wildman–Crippen LogP) is 4.14. The molecule has 2 nitrogen and oxygen atoms in total. The Balaban J connectivity index is 2.95. The second kappa shape index (κ2) is 6.71. The number of carbonyl (C=O) groups is 1. The maximum atomic E-state index is 13.6. The summed E-state index contributed by atoms with van der Waals surface area (Å²) in [5.74, 6) is -0.582. The molecule has 0 saturated heterocycles. The van der Waals surface area contributed by atoms with Gasteiger partial charge in [0.2, 0.25) is 5.91 Å². The summed E-state index contributed by atoms with van der Waals surface area (Å²) >= 11 is 5.90. The molecule has 0 saturated carbocycles. The first-order chi connectivity index (χ1) is 8.84. The third-order valence-electron chi connectivity index (χ3n) is 2.76. The molecule has 0 unspecified atom stereocenters. The second-order valence-corrected chi connectivity index (χ2v) is 5.31. The second-order valence-electron chi connectivity index (χ2n) is 4.90. The monoisotopic (exact) mass is 283 g/mol. The van der Waals surface area contributed by atoms with Crippen LogP contribution in [0, 0.1) is 5.82 Å². The van der Waals surface area contributed by atoms with Crippen molar-refractivity contribution in [3.63, 3.8) is 0 Å². The molecular weight excluding hydrogens is 265 g/mol. The van der Waals surface area contributed by atoms with E-state index in [-0.39, 0.29) is 23.6 Å². The average Bonchev–Trinajstić information content (AvgIpc) is 2.27. The maximum Gasteiger partial charge on any atom is 0.247 e. The fraction of sp³-hybridized carbons (Fsp3) is 0.400. The van der Waals surface area contributed by atoms with Gasteiger partial charge in [0.05, 0.1) is 5.02 Å². The van der Waals surface area contributed by atoms with Crippen LogP contribution in [0.15, 0.2) is 24.3 Å². The van der Waals surface area contributed by atoms with E-state index in [1.807, 2.05) is 27.7 Å². The van der Waals surface area contributed by atoms with Gasteiger partial charge < -0.3 is 4.90 Å². The summed E-state index contributed by atoms with van der Waals surface area (Å²) in [6.07, 6.45) is 2.79. The summed E-state index contributed by atoms with van der Waals surface area (Å²) in [5.41, 5.74) is 0.241. The van der Waals surface area contributed by atoms with E-state index in [1.165, 1.54) is 24.3 Å². The van der Waals surface area contributed by atoms with Crippen molar-refractivity contribution in [2.75, 3.05) is 0 Å². The normalized spacial score (nSPS) is 11.6. The topological polar surface area (TPSA) is 20.3 Å². The van der Waals surface area contributed by atoms with Crippen LogP contribution in [0.4, 0.5) is 4.39 Å². The SMILES string of the molecule is CC(C)N(C(=O)C=Cc1c(F)cccc1Cl)C(C)C. The van der Waals surface area contributed by atoms with Crippen LogP contribution in [0.3, 0.4) is 0 Å². The first kappa shape index (κ1) is 15.7. The van der Waals surface area contributed by atoms with Gasteiger partial charge in [-0.25, -0.2) is 4.39 Å². The molecule has 0 radical (unpaired) electrons. The fourth-order valence-electron chi connectivity index (χ4n) is 2.02. The average molecular weight is 284 g/mol. The van der Waals surface area contributed by atoms with Crippen LogP contribution in [0.25, 0.3) is 6.08 Å². The first-order valence-electron chi connectivity index (χ1n) is 6.29. The van der Waals surface area contributed by atoms with Gasteiger partial charge in [-0.1, -0.05) is 17.7 Å². The van der Waals surface area contributed by atoms with Gasteiger partial charge in [-0.2, -0.15) is 0 Å². The Labute approximate surface area is 118 Å². The van der Waals surface area contributed by atoms with Gasteiger partial charge >= 0.3 is 0 Å². The Morgan fingerprint density at radius 3 is 2.32 bits per heavy atom. The van der Waals surface area contributed by atoms with Crippen molar-refractivity contribution in [3.05, 3.63) is 40.7 Å². The minimum absolute atomic E-state index is 0.0910. The minimum atomic E-state index is -0.433. The van der Waals surface area contributed by atoms with Crippen molar-refractivity contribution in [1.82, 2.24) is 4.90 Å². The van der Waals surface area contributed by atoms with E-state index in [0.29, 0.717) is 5.02 Å². The molecule has 1 amide bonds. The lowest BCUT2D eigenvalue weighted by atomic mass is 10.1. The quantitative estimate of drug-likeness (QED) is 0.761. The van der Waals surface area contributed by atoms with Crippen LogP contribution in [-0.2, 0) is 4.79 Å². The molecule has 0 atom stereocenters. The van der Waals surface area contributed by atoms with Crippen LogP contribution in [0.5, 0.6) is 0 Å². The van der Waals surface area contributed by atoms with E-state index >= 15 is 0 Å². The van der Waals surface area contributed by atoms with Crippen molar-refractivity contribution in [2.24, 2.45) is 0 Å². The minimum Gasteiger partial charge on any atom is -0.334 e. The number of amides is 1. The summed E-state index contributed by atoms with van der Waals surface area (Å²) in [7, 11) is 0. The highest BCUT2D eigenvalue weighted by atomic mass is 35.5. The van der Waals surface area contributed by atoms with E-state index < -0.39 is 5.82 Å². The highest BCUT2D eigenvalue weighted by Crippen LogP contribution is 2.20. The Morgan fingerprint density at radius 2 is 1.84 bits per heavy atom. The number of halogens is 2. The molecule has 1 aromatic rings. The molecule has 0 aromatic heterocycles. The number of hydrogen-bond donors (Lipinski definition) is 0. The third-order valence-corrected chi connectivity index (χ3v) is 3.09. The van der Waals surface area contributed by atoms with Crippen LogP contribution >= 0.6 is 11.6 Å².